The second-order valence-electron chi connectivity index (χ2n) is 5.59. The Hall–Kier alpha value is -0.580. The van der Waals surface area contributed by atoms with E-state index >= 15 is 0 Å². The van der Waals surface area contributed by atoms with Gasteiger partial charge in [0.2, 0.25) is 0 Å². The minimum Gasteiger partial charge on any atom is -0.487 e. The van der Waals surface area contributed by atoms with Gasteiger partial charge in [0.05, 0.1) is 4.47 Å². The van der Waals surface area contributed by atoms with Crippen LogP contribution in [0.5, 0.6) is 5.75 Å². The van der Waals surface area contributed by atoms with E-state index in [0.29, 0.717) is 6.10 Å². The Morgan fingerprint density at radius 3 is 2.67 bits per heavy atom. The van der Waals surface area contributed by atoms with Crippen LogP contribution < -0.4 is 10.5 Å². The third-order valence-electron chi connectivity index (χ3n) is 4.11. The molecular formula is C14H19BrN2O. The number of likely N-dealkylation sites (tertiary alicyclic amines) is 1. The molecule has 4 heteroatoms. The minimum absolute atomic E-state index is 0.248. The van der Waals surface area contributed by atoms with E-state index < -0.39 is 0 Å². The summed E-state index contributed by atoms with van der Waals surface area (Å²) in [6, 6.07) is 6.42. The van der Waals surface area contributed by atoms with Crippen molar-refractivity contribution in [2.24, 2.45) is 5.73 Å². The van der Waals surface area contributed by atoms with Crippen molar-refractivity contribution in [1.82, 2.24) is 4.90 Å². The van der Waals surface area contributed by atoms with Crippen LogP contribution in [0.25, 0.3) is 0 Å². The van der Waals surface area contributed by atoms with Gasteiger partial charge in [0.15, 0.2) is 0 Å². The molecule has 0 spiro atoms. The molecule has 2 N–H and O–H groups in total. The predicted octanol–water partition coefficient (Wildman–Crippen LogP) is 2.13. The fraction of sp³-hybridized carbons (Fsp3) is 0.571. The normalized spacial score (nSPS) is 22.6. The third kappa shape index (κ3) is 2.17. The molecular weight excluding hydrogens is 292 g/mol. The molecule has 0 aromatic heterocycles. The molecule has 0 unspecified atom stereocenters. The summed E-state index contributed by atoms with van der Waals surface area (Å²) in [7, 11) is 2.11. The molecule has 1 saturated carbocycles. The number of hydrogen-bond acceptors (Lipinski definition) is 3. The van der Waals surface area contributed by atoms with Gasteiger partial charge in [0, 0.05) is 25.0 Å². The second kappa shape index (κ2) is 4.51. The first kappa shape index (κ1) is 12.5. The Kier molecular flexibility index (Phi) is 3.12. The van der Waals surface area contributed by atoms with Gasteiger partial charge >= 0.3 is 0 Å². The summed E-state index contributed by atoms with van der Waals surface area (Å²) in [5.74, 6) is 0.949. The molecule has 1 heterocycles. The highest BCUT2D eigenvalue weighted by atomic mass is 79.9. The molecule has 3 nitrogen and oxygen atoms in total. The van der Waals surface area contributed by atoms with E-state index in [9.17, 15) is 0 Å². The van der Waals surface area contributed by atoms with Crippen molar-refractivity contribution in [2.45, 2.75) is 24.4 Å². The highest BCUT2D eigenvalue weighted by molar-refractivity contribution is 9.10. The van der Waals surface area contributed by atoms with Crippen LogP contribution in [-0.4, -0.2) is 37.7 Å². The SMILES string of the molecule is CN1CC(Oc2ccc(C3(CN)CC3)cc2Br)C1. The summed E-state index contributed by atoms with van der Waals surface area (Å²) in [6.45, 7) is 2.77. The summed E-state index contributed by atoms with van der Waals surface area (Å²) in [5.41, 5.74) is 7.45. The molecule has 0 amide bonds. The summed E-state index contributed by atoms with van der Waals surface area (Å²) in [5, 5.41) is 0. The van der Waals surface area contributed by atoms with E-state index in [0.717, 1.165) is 29.9 Å². The number of nitrogens with two attached hydrogens (primary N) is 1. The molecule has 3 rings (SSSR count). The first-order valence-corrected chi connectivity index (χ1v) is 7.27. The van der Waals surface area contributed by atoms with Crippen molar-refractivity contribution in [3.63, 3.8) is 0 Å². The van der Waals surface area contributed by atoms with Gasteiger partial charge in [-0.1, -0.05) is 6.07 Å². The van der Waals surface area contributed by atoms with E-state index in [1.165, 1.54) is 18.4 Å². The fourth-order valence-corrected chi connectivity index (χ4v) is 3.06. The number of hydrogen-bond donors (Lipinski definition) is 1. The lowest BCUT2D eigenvalue weighted by atomic mass is 9.96. The predicted molar refractivity (Wildman–Crippen MR) is 76.0 cm³/mol. The number of rotatable bonds is 4. The zero-order valence-corrected chi connectivity index (χ0v) is 12.2. The number of benzene rings is 1. The van der Waals surface area contributed by atoms with E-state index in [1.54, 1.807) is 0 Å². The minimum atomic E-state index is 0.248. The average Bonchev–Trinajstić information content (AvgIpc) is 3.10. The second-order valence-corrected chi connectivity index (χ2v) is 6.45. The molecule has 18 heavy (non-hydrogen) atoms. The van der Waals surface area contributed by atoms with Gasteiger partial charge in [-0.15, -0.1) is 0 Å². The fourth-order valence-electron chi connectivity index (χ4n) is 2.58. The van der Waals surface area contributed by atoms with Gasteiger partial charge in [-0.3, -0.25) is 4.90 Å². The van der Waals surface area contributed by atoms with Crippen molar-refractivity contribution in [3.8, 4) is 5.75 Å². The number of ether oxygens (including phenoxy) is 1. The van der Waals surface area contributed by atoms with E-state index in [4.69, 9.17) is 10.5 Å². The lowest BCUT2D eigenvalue weighted by Gasteiger charge is -2.36. The number of nitrogens with zero attached hydrogens (tertiary/aromatic N) is 1. The van der Waals surface area contributed by atoms with Crippen LogP contribution in [-0.2, 0) is 5.41 Å². The average molecular weight is 311 g/mol. The highest BCUT2D eigenvalue weighted by Crippen LogP contribution is 2.48. The molecule has 0 radical (unpaired) electrons. The maximum atomic E-state index is 5.95. The van der Waals surface area contributed by atoms with Gasteiger partial charge in [-0.25, -0.2) is 0 Å². The van der Waals surface area contributed by atoms with Crippen molar-refractivity contribution in [3.05, 3.63) is 28.2 Å². The number of likely N-dealkylation sites (N-methyl/N-ethyl adjacent to an activating group) is 1. The van der Waals surface area contributed by atoms with Gasteiger partial charge in [-0.2, -0.15) is 0 Å². The zero-order valence-electron chi connectivity index (χ0n) is 10.7. The van der Waals surface area contributed by atoms with Crippen molar-refractivity contribution < 1.29 is 4.74 Å². The topological polar surface area (TPSA) is 38.5 Å². The van der Waals surface area contributed by atoms with Gasteiger partial charge in [-0.05, 0) is 53.5 Å². The molecule has 0 atom stereocenters. The maximum Gasteiger partial charge on any atom is 0.134 e. The van der Waals surface area contributed by atoms with Crippen molar-refractivity contribution >= 4 is 15.9 Å². The summed E-state index contributed by atoms with van der Waals surface area (Å²) in [4.78, 5) is 2.25. The molecule has 1 aromatic carbocycles. The van der Waals surface area contributed by atoms with Crippen LogP contribution in [0, 0.1) is 0 Å². The van der Waals surface area contributed by atoms with Crippen LogP contribution in [0.3, 0.4) is 0 Å². The lowest BCUT2D eigenvalue weighted by molar-refractivity contribution is 0.0383. The summed E-state index contributed by atoms with van der Waals surface area (Å²) >= 11 is 3.61. The van der Waals surface area contributed by atoms with Crippen molar-refractivity contribution in [1.29, 1.82) is 0 Å². The van der Waals surface area contributed by atoms with E-state index in [1.807, 2.05) is 0 Å². The largest absolute Gasteiger partial charge is 0.487 e. The van der Waals surface area contributed by atoms with Gasteiger partial charge in [0.25, 0.3) is 0 Å². The zero-order chi connectivity index (χ0) is 12.8. The van der Waals surface area contributed by atoms with Crippen LogP contribution in [0.15, 0.2) is 22.7 Å². The van der Waals surface area contributed by atoms with E-state index in [-0.39, 0.29) is 5.41 Å². The highest BCUT2D eigenvalue weighted by Gasteiger charge is 2.43. The van der Waals surface area contributed by atoms with Gasteiger partial charge < -0.3 is 10.5 Å². The summed E-state index contributed by atoms with van der Waals surface area (Å²) < 4.78 is 7.00. The molecule has 1 aliphatic heterocycles. The Balaban J connectivity index is 1.73. The number of halogens is 1. The smallest absolute Gasteiger partial charge is 0.134 e. The first-order valence-electron chi connectivity index (χ1n) is 6.48. The monoisotopic (exact) mass is 310 g/mol. The summed E-state index contributed by atoms with van der Waals surface area (Å²) in [6.07, 6.45) is 2.76. The Morgan fingerprint density at radius 1 is 1.44 bits per heavy atom. The Morgan fingerprint density at radius 2 is 2.17 bits per heavy atom. The van der Waals surface area contributed by atoms with Crippen LogP contribution in [0.1, 0.15) is 18.4 Å². The quantitative estimate of drug-likeness (QED) is 0.926. The van der Waals surface area contributed by atoms with Gasteiger partial charge in [0.1, 0.15) is 11.9 Å². The lowest BCUT2D eigenvalue weighted by Crippen LogP contribution is -2.51. The molecule has 2 fully saturated rings. The molecule has 1 saturated heterocycles. The third-order valence-corrected chi connectivity index (χ3v) is 4.73. The molecule has 98 valence electrons. The van der Waals surface area contributed by atoms with Crippen LogP contribution in [0.4, 0.5) is 0 Å². The molecule has 0 bridgehead atoms. The van der Waals surface area contributed by atoms with Crippen LogP contribution in [0.2, 0.25) is 0 Å². The van der Waals surface area contributed by atoms with Crippen LogP contribution >= 0.6 is 15.9 Å². The van der Waals surface area contributed by atoms with E-state index in [2.05, 4.69) is 46.1 Å². The first-order chi connectivity index (χ1) is 8.63. The molecule has 1 aliphatic carbocycles. The molecule has 2 aliphatic rings. The standard InChI is InChI=1S/C14H19BrN2O/c1-17-7-11(8-17)18-13-3-2-10(6-12(13)15)14(9-16)4-5-14/h2-3,6,11H,4-5,7-9,16H2,1H3. The maximum absolute atomic E-state index is 5.95. The Labute approximate surface area is 116 Å². The Bertz CT molecular complexity index is 453. The van der Waals surface area contributed by atoms with Crippen molar-refractivity contribution in [2.75, 3.05) is 26.7 Å². The molecule has 1 aromatic rings.